The smallest absolute Gasteiger partial charge is 0.00235 e. The van der Waals surface area contributed by atoms with Crippen LogP contribution < -0.4 is 0 Å². The summed E-state index contributed by atoms with van der Waals surface area (Å²) in [5, 5.41) is 2.86. The number of rotatable bonds is 1. The second-order valence-electron chi connectivity index (χ2n) is 6.07. The number of aryl methyl sites for hydroxylation is 1. The second-order valence-corrected chi connectivity index (χ2v) is 6.07. The quantitative estimate of drug-likeness (QED) is 0.397. The van der Waals surface area contributed by atoms with Crippen molar-refractivity contribution in [1.82, 2.24) is 0 Å². The maximum atomic E-state index is 2.41. The number of hydrogen-bond acceptors (Lipinski definition) is 0. The minimum atomic E-state index is 0.562. The maximum Gasteiger partial charge on any atom is -0.00235 e. The first kappa shape index (κ1) is 11.7. The molecule has 0 amide bonds. The van der Waals surface area contributed by atoms with Gasteiger partial charge in [0, 0.05) is 0 Å². The lowest BCUT2D eigenvalue weighted by atomic mass is 9.90. The predicted octanol–water partition coefficient (Wildman–Crippen LogP) is 5.92. The van der Waals surface area contributed by atoms with E-state index in [-0.39, 0.29) is 0 Å². The molecule has 0 saturated carbocycles. The lowest BCUT2D eigenvalue weighted by Gasteiger charge is -2.15. The van der Waals surface area contributed by atoms with Crippen molar-refractivity contribution in [2.45, 2.75) is 26.7 Å². The highest BCUT2D eigenvalue weighted by Gasteiger charge is 2.23. The molecule has 0 saturated heterocycles. The van der Waals surface area contributed by atoms with Crippen LogP contribution in [0.25, 0.3) is 33.0 Å². The third-order valence-electron chi connectivity index (χ3n) is 4.60. The van der Waals surface area contributed by atoms with Gasteiger partial charge in [-0.05, 0) is 63.1 Å². The van der Waals surface area contributed by atoms with E-state index in [1.54, 1.807) is 0 Å². The van der Waals surface area contributed by atoms with Crippen LogP contribution in [0.15, 0.2) is 48.5 Å². The molecule has 0 heteroatoms. The van der Waals surface area contributed by atoms with Gasteiger partial charge in [0.2, 0.25) is 0 Å². The molecule has 0 radical (unpaired) electrons. The van der Waals surface area contributed by atoms with E-state index in [1.807, 2.05) is 0 Å². The third-order valence-corrected chi connectivity index (χ3v) is 4.60. The normalized spacial score (nSPS) is 12.2. The predicted molar refractivity (Wildman–Crippen MR) is 87.2 cm³/mol. The first-order chi connectivity index (χ1) is 9.68. The topological polar surface area (TPSA) is 0 Å². The molecule has 1 aliphatic rings. The molecule has 0 atom stereocenters. The number of hydrogen-bond donors (Lipinski definition) is 0. The Kier molecular flexibility index (Phi) is 2.32. The molecule has 0 nitrogen and oxygen atoms in total. The van der Waals surface area contributed by atoms with Crippen molar-refractivity contribution in [2.24, 2.45) is 0 Å². The molecule has 20 heavy (non-hydrogen) atoms. The zero-order chi connectivity index (χ0) is 13.9. The summed E-state index contributed by atoms with van der Waals surface area (Å²) >= 11 is 0. The summed E-state index contributed by atoms with van der Waals surface area (Å²) in [5.41, 5.74) is 8.50. The number of benzene rings is 3. The fourth-order valence-corrected chi connectivity index (χ4v) is 3.64. The molecule has 0 heterocycles. The van der Waals surface area contributed by atoms with Crippen LogP contribution in [0.1, 0.15) is 30.9 Å². The molecule has 3 aromatic rings. The van der Waals surface area contributed by atoms with Gasteiger partial charge in [0.1, 0.15) is 0 Å². The lowest BCUT2D eigenvalue weighted by Crippen LogP contribution is -1.94. The minimum Gasteiger partial charge on any atom is -0.0616 e. The van der Waals surface area contributed by atoms with E-state index in [9.17, 15) is 0 Å². The van der Waals surface area contributed by atoms with Crippen LogP contribution in [0.3, 0.4) is 0 Å². The highest BCUT2D eigenvalue weighted by atomic mass is 14.3. The van der Waals surface area contributed by atoms with Gasteiger partial charge in [-0.1, -0.05) is 56.3 Å². The monoisotopic (exact) mass is 258 g/mol. The molecule has 4 rings (SSSR count). The van der Waals surface area contributed by atoms with Crippen LogP contribution in [0.4, 0.5) is 0 Å². The standard InChI is InChI=1S/C20H18/c1-12(2)18-11-19-16-8-5-4-7-15(16)17-10-6-9-14(13(18)3)20(17)19/h4-12H,1-3H3. The van der Waals surface area contributed by atoms with Crippen LogP contribution in [-0.4, -0.2) is 0 Å². The zero-order valence-corrected chi connectivity index (χ0v) is 12.2. The summed E-state index contributed by atoms with van der Waals surface area (Å²) in [7, 11) is 0. The SMILES string of the molecule is Cc1c(C(C)C)cc2c3c(cccc13)-c1ccccc1-2. The Labute approximate surface area is 120 Å². The van der Waals surface area contributed by atoms with E-state index in [1.165, 1.54) is 44.2 Å². The average Bonchev–Trinajstić information content (AvgIpc) is 2.78. The summed E-state index contributed by atoms with van der Waals surface area (Å²) in [5.74, 6) is 0.562. The molecule has 0 aromatic heterocycles. The molecule has 0 aliphatic heterocycles. The highest BCUT2D eigenvalue weighted by molar-refractivity contribution is 6.16. The molecule has 0 N–H and O–H groups in total. The van der Waals surface area contributed by atoms with Crippen LogP contribution in [0.2, 0.25) is 0 Å². The summed E-state index contributed by atoms with van der Waals surface area (Å²) in [4.78, 5) is 0. The maximum absolute atomic E-state index is 2.41. The molecule has 0 bridgehead atoms. The molecule has 98 valence electrons. The highest BCUT2D eigenvalue weighted by Crippen LogP contribution is 2.49. The second kappa shape index (κ2) is 3.96. The van der Waals surface area contributed by atoms with E-state index in [0.29, 0.717) is 5.92 Å². The van der Waals surface area contributed by atoms with Gasteiger partial charge in [-0.25, -0.2) is 0 Å². The van der Waals surface area contributed by atoms with Crippen LogP contribution >= 0.6 is 0 Å². The van der Waals surface area contributed by atoms with Crippen molar-refractivity contribution >= 4 is 10.8 Å². The molecular formula is C20H18. The van der Waals surface area contributed by atoms with Crippen molar-refractivity contribution in [3.8, 4) is 22.3 Å². The summed E-state index contributed by atoms with van der Waals surface area (Å²) in [6.45, 7) is 6.83. The Morgan fingerprint density at radius 1 is 0.750 bits per heavy atom. The van der Waals surface area contributed by atoms with Gasteiger partial charge in [0.15, 0.2) is 0 Å². The summed E-state index contributed by atoms with van der Waals surface area (Å²) in [6, 6.07) is 17.9. The zero-order valence-electron chi connectivity index (χ0n) is 12.2. The summed E-state index contributed by atoms with van der Waals surface area (Å²) < 4.78 is 0. The van der Waals surface area contributed by atoms with Crippen molar-refractivity contribution < 1.29 is 0 Å². The van der Waals surface area contributed by atoms with Crippen molar-refractivity contribution in [1.29, 1.82) is 0 Å². The Balaban J connectivity index is 2.23. The van der Waals surface area contributed by atoms with Gasteiger partial charge in [0.05, 0.1) is 0 Å². The molecule has 0 unspecified atom stereocenters. The van der Waals surface area contributed by atoms with Crippen LogP contribution in [-0.2, 0) is 0 Å². The first-order valence-corrected chi connectivity index (χ1v) is 7.34. The van der Waals surface area contributed by atoms with Crippen molar-refractivity contribution in [2.75, 3.05) is 0 Å². The lowest BCUT2D eigenvalue weighted by molar-refractivity contribution is 0.860. The van der Waals surface area contributed by atoms with E-state index in [4.69, 9.17) is 0 Å². The summed E-state index contributed by atoms with van der Waals surface area (Å²) in [6.07, 6.45) is 0. The van der Waals surface area contributed by atoms with Crippen molar-refractivity contribution in [3.63, 3.8) is 0 Å². The van der Waals surface area contributed by atoms with E-state index in [2.05, 4.69) is 69.3 Å². The van der Waals surface area contributed by atoms with Gasteiger partial charge < -0.3 is 0 Å². The molecular weight excluding hydrogens is 240 g/mol. The average molecular weight is 258 g/mol. The Morgan fingerprint density at radius 3 is 2.10 bits per heavy atom. The fraction of sp³-hybridized carbons (Fsp3) is 0.200. The van der Waals surface area contributed by atoms with Crippen LogP contribution in [0, 0.1) is 6.92 Å². The van der Waals surface area contributed by atoms with E-state index in [0.717, 1.165) is 0 Å². The Morgan fingerprint density at radius 2 is 1.40 bits per heavy atom. The van der Waals surface area contributed by atoms with Gasteiger partial charge >= 0.3 is 0 Å². The third kappa shape index (κ3) is 1.37. The minimum absolute atomic E-state index is 0.562. The van der Waals surface area contributed by atoms with Gasteiger partial charge in [0.25, 0.3) is 0 Å². The van der Waals surface area contributed by atoms with E-state index >= 15 is 0 Å². The Hall–Kier alpha value is -2.08. The van der Waals surface area contributed by atoms with Crippen LogP contribution in [0.5, 0.6) is 0 Å². The molecule has 0 fully saturated rings. The fourth-order valence-electron chi connectivity index (χ4n) is 3.64. The molecule has 0 spiro atoms. The molecule has 3 aromatic carbocycles. The van der Waals surface area contributed by atoms with Crippen molar-refractivity contribution in [3.05, 3.63) is 59.7 Å². The van der Waals surface area contributed by atoms with E-state index < -0.39 is 0 Å². The number of fused-ring (bicyclic) bond motifs is 3. The molecule has 1 aliphatic carbocycles. The Bertz CT molecular complexity index is 838. The largest absolute Gasteiger partial charge is 0.0616 e. The van der Waals surface area contributed by atoms with Gasteiger partial charge in [-0.2, -0.15) is 0 Å². The van der Waals surface area contributed by atoms with Gasteiger partial charge in [-0.15, -0.1) is 0 Å². The van der Waals surface area contributed by atoms with Gasteiger partial charge in [-0.3, -0.25) is 0 Å². The first-order valence-electron chi connectivity index (χ1n) is 7.34.